The molecule has 1 aromatic rings. The largest absolute Gasteiger partial charge is 0.353 e. The predicted octanol–water partition coefficient (Wildman–Crippen LogP) is 2.03. The first-order valence-corrected chi connectivity index (χ1v) is 10.8. The zero-order valence-corrected chi connectivity index (χ0v) is 18.3. The number of imide groups is 1. The van der Waals surface area contributed by atoms with Crippen molar-refractivity contribution in [2.45, 2.75) is 52.5 Å². The van der Waals surface area contributed by atoms with E-state index in [1.54, 1.807) is 17.0 Å². The van der Waals surface area contributed by atoms with Gasteiger partial charge in [0.2, 0.25) is 5.91 Å². The number of hydrogen-bond donors (Lipinski definition) is 1. The third kappa shape index (κ3) is 5.18. The van der Waals surface area contributed by atoms with E-state index < -0.39 is 0 Å². The summed E-state index contributed by atoms with van der Waals surface area (Å²) in [5.74, 6) is -0.853. The highest BCUT2D eigenvalue weighted by molar-refractivity contribution is 6.22. The molecule has 0 unspecified atom stereocenters. The molecular formula is C23H29N3O5. The van der Waals surface area contributed by atoms with Gasteiger partial charge in [0.25, 0.3) is 17.7 Å². The highest BCUT2D eigenvalue weighted by atomic mass is 16.2. The molecule has 0 radical (unpaired) electrons. The first-order chi connectivity index (χ1) is 14.7. The Morgan fingerprint density at radius 1 is 1.03 bits per heavy atom. The molecule has 8 nitrogen and oxygen atoms in total. The lowest BCUT2D eigenvalue weighted by atomic mass is 10.0. The Morgan fingerprint density at radius 3 is 2.29 bits per heavy atom. The number of likely N-dealkylation sites (tertiary alicyclic amines) is 1. The maximum atomic E-state index is 12.9. The van der Waals surface area contributed by atoms with Crippen LogP contribution in [-0.4, -0.2) is 64.9 Å². The zero-order chi connectivity index (χ0) is 22.7. The first-order valence-electron chi connectivity index (χ1n) is 10.8. The summed E-state index contributed by atoms with van der Waals surface area (Å²) >= 11 is 0. The number of hydrogen-bond acceptors (Lipinski definition) is 5. The molecule has 2 aliphatic heterocycles. The van der Waals surface area contributed by atoms with Gasteiger partial charge in [-0.1, -0.05) is 13.8 Å². The summed E-state index contributed by atoms with van der Waals surface area (Å²) in [6, 6.07) is 4.66. The van der Waals surface area contributed by atoms with Gasteiger partial charge in [0, 0.05) is 44.1 Å². The monoisotopic (exact) mass is 427 g/mol. The van der Waals surface area contributed by atoms with Crippen molar-refractivity contribution in [2.24, 2.45) is 5.92 Å². The second-order valence-corrected chi connectivity index (χ2v) is 8.71. The van der Waals surface area contributed by atoms with E-state index in [1.807, 2.05) is 13.8 Å². The van der Waals surface area contributed by atoms with Crippen LogP contribution in [0, 0.1) is 5.92 Å². The Balaban J connectivity index is 1.60. The van der Waals surface area contributed by atoms with Crippen LogP contribution < -0.4 is 5.32 Å². The van der Waals surface area contributed by atoms with Crippen LogP contribution in [0.2, 0.25) is 0 Å². The van der Waals surface area contributed by atoms with E-state index in [9.17, 15) is 24.0 Å². The zero-order valence-electron chi connectivity index (χ0n) is 18.3. The van der Waals surface area contributed by atoms with Gasteiger partial charge in [-0.15, -0.1) is 0 Å². The van der Waals surface area contributed by atoms with Crippen molar-refractivity contribution in [3.63, 3.8) is 0 Å². The topological polar surface area (TPSA) is 104 Å². The molecule has 0 aliphatic carbocycles. The van der Waals surface area contributed by atoms with Crippen LogP contribution in [-0.2, 0) is 9.59 Å². The van der Waals surface area contributed by atoms with Gasteiger partial charge >= 0.3 is 0 Å². The predicted molar refractivity (Wildman–Crippen MR) is 114 cm³/mol. The van der Waals surface area contributed by atoms with Gasteiger partial charge in [-0.05, 0) is 43.9 Å². The molecule has 0 saturated carbocycles. The van der Waals surface area contributed by atoms with E-state index in [-0.39, 0.29) is 59.8 Å². The molecule has 0 atom stereocenters. The number of rotatable bonds is 7. The van der Waals surface area contributed by atoms with Crippen molar-refractivity contribution in [1.29, 1.82) is 0 Å². The fourth-order valence-electron chi connectivity index (χ4n) is 3.95. The number of Topliss-reactive ketones (excluding diaryl/α,β-unsaturated/α-hetero) is 1. The molecule has 2 heterocycles. The molecule has 31 heavy (non-hydrogen) atoms. The van der Waals surface area contributed by atoms with Gasteiger partial charge in [-0.3, -0.25) is 24.1 Å². The van der Waals surface area contributed by atoms with E-state index in [4.69, 9.17) is 0 Å². The second kappa shape index (κ2) is 9.41. The molecule has 1 N–H and O–H groups in total. The quantitative estimate of drug-likeness (QED) is 0.671. The van der Waals surface area contributed by atoms with Gasteiger partial charge in [0.05, 0.1) is 11.1 Å². The standard InChI is InChI=1S/C23H29N3O5/c1-14(2)13-26-22(30)18-6-5-16(12-19(18)23(26)31)21(29)25-10-8-17(9-11-25)24-20(28)7-4-15(3)27/h5-6,12,14,17H,4,7-11,13H2,1-3H3,(H,24,28). The Kier molecular flexibility index (Phi) is 6.87. The van der Waals surface area contributed by atoms with Crippen LogP contribution in [0.1, 0.15) is 77.5 Å². The van der Waals surface area contributed by atoms with Crippen molar-refractivity contribution in [3.05, 3.63) is 34.9 Å². The van der Waals surface area contributed by atoms with Gasteiger partial charge < -0.3 is 15.0 Å². The number of benzene rings is 1. The summed E-state index contributed by atoms with van der Waals surface area (Å²) in [7, 11) is 0. The fraction of sp³-hybridized carbons (Fsp3) is 0.522. The molecule has 0 aromatic heterocycles. The minimum atomic E-state index is -0.352. The van der Waals surface area contributed by atoms with Crippen molar-refractivity contribution < 1.29 is 24.0 Å². The van der Waals surface area contributed by atoms with Crippen LogP contribution in [0.15, 0.2) is 18.2 Å². The van der Waals surface area contributed by atoms with Gasteiger partial charge in [0.1, 0.15) is 5.78 Å². The minimum Gasteiger partial charge on any atom is -0.353 e. The van der Waals surface area contributed by atoms with Crippen molar-refractivity contribution in [3.8, 4) is 0 Å². The maximum Gasteiger partial charge on any atom is 0.261 e. The average molecular weight is 428 g/mol. The van der Waals surface area contributed by atoms with Gasteiger partial charge in [0.15, 0.2) is 0 Å². The SMILES string of the molecule is CC(=O)CCC(=O)NC1CCN(C(=O)c2ccc3c(c2)C(=O)N(CC(C)C)C3=O)CC1. The lowest BCUT2D eigenvalue weighted by molar-refractivity contribution is -0.125. The molecule has 1 saturated heterocycles. The number of nitrogens with one attached hydrogen (secondary N) is 1. The number of amides is 4. The van der Waals surface area contributed by atoms with Crippen LogP contribution in [0.3, 0.4) is 0 Å². The summed E-state index contributed by atoms with van der Waals surface area (Å²) in [4.78, 5) is 63.9. The molecular weight excluding hydrogens is 398 g/mol. The number of piperidine rings is 1. The normalized spacial score (nSPS) is 16.6. The van der Waals surface area contributed by atoms with Crippen LogP contribution in [0.4, 0.5) is 0 Å². The molecule has 0 spiro atoms. The smallest absolute Gasteiger partial charge is 0.261 e. The third-order valence-electron chi connectivity index (χ3n) is 5.62. The molecule has 1 fully saturated rings. The van der Waals surface area contributed by atoms with Crippen LogP contribution in [0.5, 0.6) is 0 Å². The van der Waals surface area contributed by atoms with Gasteiger partial charge in [-0.2, -0.15) is 0 Å². The van der Waals surface area contributed by atoms with E-state index in [1.165, 1.54) is 17.9 Å². The Labute approximate surface area is 182 Å². The molecule has 8 heteroatoms. The highest BCUT2D eigenvalue weighted by Crippen LogP contribution is 2.26. The Bertz CT molecular complexity index is 916. The number of nitrogens with zero attached hydrogens (tertiary/aromatic N) is 2. The van der Waals surface area contributed by atoms with Gasteiger partial charge in [-0.25, -0.2) is 0 Å². The lowest BCUT2D eigenvalue weighted by Gasteiger charge is -2.32. The molecule has 4 amide bonds. The van der Waals surface area contributed by atoms with Crippen molar-refractivity contribution in [1.82, 2.24) is 15.1 Å². The van der Waals surface area contributed by atoms with E-state index in [0.29, 0.717) is 43.6 Å². The molecule has 3 rings (SSSR count). The highest BCUT2D eigenvalue weighted by Gasteiger charge is 2.36. The van der Waals surface area contributed by atoms with E-state index >= 15 is 0 Å². The average Bonchev–Trinajstić information content (AvgIpc) is 2.96. The molecule has 1 aromatic carbocycles. The number of carbonyl (C=O) groups excluding carboxylic acids is 5. The summed E-state index contributed by atoms with van der Waals surface area (Å²) < 4.78 is 0. The fourth-order valence-corrected chi connectivity index (χ4v) is 3.95. The van der Waals surface area contributed by atoms with Crippen molar-refractivity contribution >= 4 is 29.4 Å². The first kappa shape index (κ1) is 22.7. The minimum absolute atomic E-state index is 0.0163. The van der Waals surface area contributed by atoms with Crippen molar-refractivity contribution in [2.75, 3.05) is 19.6 Å². The number of carbonyl (C=O) groups is 5. The van der Waals surface area contributed by atoms with E-state index in [2.05, 4.69) is 5.32 Å². The Hall–Kier alpha value is -3.03. The second-order valence-electron chi connectivity index (χ2n) is 8.71. The molecule has 2 aliphatic rings. The summed E-state index contributed by atoms with van der Waals surface area (Å²) in [5.41, 5.74) is 1.01. The summed E-state index contributed by atoms with van der Waals surface area (Å²) in [5, 5.41) is 2.92. The lowest BCUT2D eigenvalue weighted by Crippen LogP contribution is -2.46. The van der Waals surface area contributed by atoms with Crippen LogP contribution >= 0.6 is 0 Å². The Morgan fingerprint density at radius 2 is 1.68 bits per heavy atom. The maximum absolute atomic E-state index is 12.9. The van der Waals surface area contributed by atoms with Crippen LogP contribution in [0.25, 0.3) is 0 Å². The summed E-state index contributed by atoms with van der Waals surface area (Å²) in [6.07, 6.45) is 1.67. The molecule has 166 valence electrons. The molecule has 0 bridgehead atoms. The number of ketones is 1. The van der Waals surface area contributed by atoms with E-state index in [0.717, 1.165) is 0 Å². The summed E-state index contributed by atoms with van der Waals surface area (Å²) in [6.45, 7) is 6.66. The number of fused-ring (bicyclic) bond motifs is 1. The third-order valence-corrected chi connectivity index (χ3v) is 5.62.